The van der Waals surface area contributed by atoms with Gasteiger partial charge in [0.05, 0.1) is 20.0 Å². The molecule has 0 aromatic rings. The van der Waals surface area contributed by atoms with Crippen LogP contribution < -0.4 is 0 Å². The van der Waals surface area contributed by atoms with Crippen LogP contribution in [0.15, 0.2) is 0 Å². The molecule has 7 heteroatoms. The number of thioether (sulfide) groups is 1. The number of hydrogen-bond acceptors (Lipinski definition) is 4. The molecule has 0 aromatic heterocycles. The Hall–Kier alpha value is -1.24. The zero-order valence-corrected chi connectivity index (χ0v) is 15.4. The lowest BCUT2D eigenvalue weighted by Gasteiger charge is -2.42. The van der Waals surface area contributed by atoms with Gasteiger partial charge >= 0.3 is 0 Å². The molecule has 1 rings (SSSR count). The van der Waals surface area contributed by atoms with E-state index in [1.54, 1.807) is 26.5 Å². The summed E-state index contributed by atoms with van der Waals surface area (Å²) in [4.78, 5) is 41.6. The maximum absolute atomic E-state index is 12.4. The minimum Gasteiger partial charge on any atom is -0.307 e. The van der Waals surface area contributed by atoms with Crippen molar-refractivity contribution in [3.63, 3.8) is 0 Å². The first-order valence-corrected chi connectivity index (χ1v) is 9.59. The molecule has 1 saturated heterocycles. The van der Waals surface area contributed by atoms with E-state index in [0.717, 1.165) is 24.3 Å². The van der Waals surface area contributed by atoms with Crippen molar-refractivity contribution in [2.24, 2.45) is 0 Å². The second kappa shape index (κ2) is 10.5. The molecular formula is C16H29N3O3S. The van der Waals surface area contributed by atoms with E-state index in [1.165, 1.54) is 0 Å². The van der Waals surface area contributed by atoms with Crippen LogP contribution in [0.1, 0.15) is 52.9 Å². The number of hydrogen-bond donors (Lipinski definition) is 0. The van der Waals surface area contributed by atoms with Gasteiger partial charge in [-0.2, -0.15) is 11.8 Å². The number of carbonyl (C=O) groups is 3. The van der Waals surface area contributed by atoms with Gasteiger partial charge in [0.15, 0.2) is 0 Å². The summed E-state index contributed by atoms with van der Waals surface area (Å²) in [5.41, 5.74) is 0. The topological polar surface area (TPSA) is 60.9 Å². The normalized spacial score (nSPS) is 15.0. The van der Waals surface area contributed by atoms with Crippen molar-refractivity contribution in [1.29, 1.82) is 0 Å². The molecule has 1 aliphatic heterocycles. The van der Waals surface area contributed by atoms with E-state index in [-0.39, 0.29) is 17.7 Å². The molecule has 0 spiro atoms. The van der Waals surface area contributed by atoms with Gasteiger partial charge in [0.25, 0.3) is 0 Å². The summed E-state index contributed by atoms with van der Waals surface area (Å²) in [6, 6.07) is 0. The van der Waals surface area contributed by atoms with Crippen LogP contribution in [0.5, 0.6) is 0 Å². The van der Waals surface area contributed by atoms with Crippen LogP contribution in [-0.4, -0.2) is 63.9 Å². The van der Waals surface area contributed by atoms with Gasteiger partial charge in [-0.15, -0.1) is 0 Å². The lowest BCUT2D eigenvalue weighted by molar-refractivity contribution is -0.158. The van der Waals surface area contributed by atoms with Crippen molar-refractivity contribution in [3.8, 4) is 0 Å². The van der Waals surface area contributed by atoms with Crippen LogP contribution in [0.2, 0.25) is 0 Å². The highest BCUT2D eigenvalue weighted by Crippen LogP contribution is 2.14. The van der Waals surface area contributed by atoms with Crippen molar-refractivity contribution in [2.75, 3.05) is 31.5 Å². The van der Waals surface area contributed by atoms with Gasteiger partial charge in [0, 0.05) is 25.0 Å². The third-order valence-corrected chi connectivity index (χ3v) is 4.58. The van der Waals surface area contributed by atoms with Crippen LogP contribution in [0.3, 0.4) is 0 Å². The molecule has 0 bridgehead atoms. The molecule has 23 heavy (non-hydrogen) atoms. The molecule has 0 radical (unpaired) electrons. The van der Waals surface area contributed by atoms with Crippen LogP contribution in [0.25, 0.3) is 0 Å². The largest absolute Gasteiger partial charge is 0.307 e. The Morgan fingerprint density at radius 1 is 0.739 bits per heavy atom. The summed E-state index contributed by atoms with van der Waals surface area (Å²) < 4.78 is 0. The molecule has 0 unspecified atom stereocenters. The fourth-order valence-electron chi connectivity index (χ4n) is 2.43. The fraction of sp³-hybridized carbons (Fsp3) is 0.812. The molecule has 1 fully saturated rings. The molecule has 0 saturated carbocycles. The molecule has 0 atom stereocenters. The van der Waals surface area contributed by atoms with Gasteiger partial charge in [0.1, 0.15) is 0 Å². The highest BCUT2D eigenvalue weighted by atomic mass is 32.2. The second-order valence-electron chi connectivity index (χ2n) is 5.67. The minimum atomic E-state index is 0.00207. The van der Waals surface area contributed by atoms with Crippen LogP contribution >= 0.6 is 11.8 Å². The number of amides is 3. The molecular weight excluding hydrogens is 314 g/mol. The Bertz CT molecular complexity index is 391. The lowest BCUT2D eigenvalue weighted by atomic mass is 10.2. The summed E-state index contributed by atoms with van der Waals surface area (Å²) in [5, 5.41) is 0. The van der Waals surface area contributed by atoms with Crippen LogP contribution in [0, 0.1) is 0 Å². The quantitative estimate of drug-likeness (QED) is 0.633. The Morgan fingerprint density at radius 2 is 1.13 bits per heavy atom. The monoisotopic (exact) mass is 343 g/mol. The van der Waals surface area contributed by atoms with Crippen molar-refractivity contribution >= 4 is 29.5 Å². The summed E-state index contributed by atoms with van der Waals surface area (Å²) in [7, 11) is 0. The zero-order chi connectivity index (χ0) is 17.2. The van der Waals surface area contributed by atoms with Crippen LogP contribution in [-0.2, 0) is 14.4 Å². The Balaban J connectivity index is 2.73. The number of nitrogens with zero attached hydrogens (tertiary/aromatic N) is 3. The molecule has 3 amide bonds. The third kappa shape index (κ3) is 6.41. The molecule has 1 aliphatic rings. The summed E-state index contributed by atoms with van der Waals surface area (Å²) in [6.07, 6.45) is 2.87. The SMILES string of the molecule is CCCC(=O)N1CN(C(=O)CCC)CN(C(=O)CCSCC)C1. The number of rotatable bonds is 8. The Labute approximate surface area is 143 Å². The molecule has 0 aliphatic carbocycles. The van der Waals surface area contributed by atoms with Gasteiger partial charge in [0.2, 0.25) is 17.7 Å². The standard InChI is InChI=1S/C16H29N3O3S/c1-4-7-14(20)17-11-18(15(21)8-5-2)13-19(12-17)16(22)9-10-23-6-3/h4-13H2,1-3H3. The first-order chi connectivity index (χ1) is 11.0. The summed E-state index contributed by atoms with van der Waals surface area (Å²) in [5.74, 6) is 1.77. The van der Waals surface area contributed by atoms with E-state index in [1.807, 2.05) is 13.8 Å². The van der Waals surface area contributed by atoms with Gasteiger partial charge in [-0.05, 0) is 18.6 Å². The van der Waals surface area contributed by atoms with Crippen molar-refractivity contribution in [3.05, 3.63) is 0 Å². The molecule has 0 aromatic carbocycles. The zero-order valence-electron chi connectivity index (χ0n) is 14.5. The molecule has 0 N–H and O–H groups in total. The van der Waals surface area contributed by atoms with E-state index in [4.69, 9.17) is 0 Å². The van der Waals surface area contributed by atoms with Crippen molar-refractivity contribution < 1.29 is 14.4 Å². The number of carbonyl (C=O) groups excluding carboxylic acids is 3. The van der Waals surface area contributed by atoms with E-state index < -0.39 is 0 Å². The smallest absolute Gasteiger partial charge is 0.226 e. The molecule has 132 valence electrons. The predicted octanol–water partition coefficient (Wildman–Crippen LogP) is 2.10. The fourth-order valence-corrected chi connectivity index (χ4v) is 3.04. The van der Waals surface area contributed by atoms with Gasteiger partial charge in [-0.3, -0.25) is 14.4 Å². The maximum Gasteiger partial charge on any atom is 0.226 e. The van der Waals surface area contributed by atoms with Gasteiger partial charge < -0.3 is 14.7 Å². The maximum atomic E-state index is 12.4. The highest BCUT2D eigenvalue weighted by Gasteiger charge is 2.30. The summed E-state index contributed by atoms with van der Waals surface area (Å²) >= 11 is 1.72. The Kier molecular flexibility index (Phi) is 9.06. The van der Waals surface area contributed by atoms with Crippen LogP contribution in [0.4, 0.5) is 0 Å². The lowest BCUT2D eigenvalue weighted by Crippen LogP contribution is -2.59. The first-order valence-electron chi connectivity index (χ1n) is 8.44. The minimum absolute atomic E-state index is 0.00207. The van der Waals surface area contributed by atoms with Gasteiger partial charge in [-0.1, -0.05) is 20.8 Å². The van der Waals surface area contributed by atoms with E-state index in [9.17, 15) is 14.4 Å². The first kappa shape index (κ1) is 19.8. The third-order valence-electron chi connectivity index (χ3n) is 3.67. The van der Waals surface area contributed by atoms with Crippen molar-refractivity contribution in [2.45, 2.75) is 52.9 Å². The van der Waals surface area contributed by atoms with E-state index >= 15 is 0 Å². The highest BCUT2D eigenvalue weighted by molar-refractivity contribution is 7.99. The van der Waals surface area contributed by atoms with Crippen molar-refractivity contribution in [1.82, 2.24) is 14.7 Å². The predicted molar refractivity (Wildman–Crippen MR) is 92.6 cm³/mol. The second-order valence-corrected chi connectivity index (χ2v) is 7.07. The van der Waals surface area contributed by atoms with E-state index in [0.29, 0.717) is 39.3 Å². The Morgan fingerprint density at radius 3 is 1.48 bits per heavy atom. The molecule has 1 heterocycles. The molecule has 6 nitrogen and oxygen atoms in total. The van der Waals surface area contributed by atoms with E-state index in [2.05, 4.69) is 6.92 Å². The average Bonchev–Trinajstić information content (AvgIpc) is 2.55. The van der Waals surface area contributed by atoms with Gasteiger partial charge in [-0.25, -0.2) is 0 Å². The summed E-state index contributed by atoms with van der Waals surface area (Å²) in [6.45, 7) is 6.85. The average molecular weight is 343 g/mol.